The van der Waals surface area contributed by atoms with Gasteiger partial charge < -0.3 is 16.0 Å². The van der Waals surface area contributed by atoms with Crippen LogP contribution >= 0.6 is 47.0 Å². The largest absolute Gasteiger partial charge is 0.339 e. The van der Waals surface area contributed by atoms with E-state index in [1.165, 1.54) is 0 Å². The highest BCUT2D eigenvalue weighted by Crippen LogP contribution is 2.31. The number of amides is 1. The van der Waals surface area contributed by atoms with Crippen molar-refractivity contribution in [2.45, 2.75) is 35.3 Å². The number of hydrogen-bond donors (Lipinski definition) is 3. The number of halogens is 3. The molecule has 0 bridgehead atoms. The summed E-state index contributed by atoms with van der Waals surface area (Å²) < 4.78 is -1.84. The van der Waals surface area contributed by atoms with E-state index in [0.29, 0.717) is 5.69 Å². The Labute approximate surface area is 225 Å². The molecule has 35 heavy (non-hydrogen) atoms. The van der Waals surface area contributed by atoms with Gasteiger partial charge in [-0.15, -0.1) is 0 Å². The molecule has 1 amide bonds. The van der Waals surface area contributed by atoms with Gasteiger partial charge in [-0.1, -0.05) is 83.3 Å². The number of nitrogens with one attached hydrogen (secondary N) is 3. The SMILES string of the molecule is O=C(CC(c1ccccc1)N1CCCC1)NC(NC(=S)Nc1cccc2cccnc12)C(Cl)(Cl)Cl. The molecule has 3 aromatic rings. The Morgan fingerprint density at radius 2 is 1.71 bits per heavy atom. The van der Waals surface area contributed by atoms with Crippen LogP contribution in [-0.2, 0) is 4.79 Å². The van der Waals surface area contributed by atoms with Crippen molar-refractivity contribution in [3.63, 3.8) is 0 Å². The van der Waals surface area contributed by atoms with E-state index < -0.39 is 9.96 Å². The van der Waals surface area contributed by atoms with E-state index >= 15 is 0 Å². The topological polar surface area (TPSA) is 69.3 Å². The van der Waals surface area contributed by atoms with Gasteiger partial charge in [0.1, 0.15) is 6.17 Å². The number of alkyl halides is 3. The molecule has 0 spiro atoms. The van der Waals surface area contributed by atoms with Crippen LogP contribution in [0.4, 0.5) is 5.69 Å². The molecule has 0 aliphatic carbocycles. The Balaban J connectivity index is 1.44. The van der Waals surface area contributed by atoms with Crippen molar-refractivity contribution in [3.05, 3.63) is 72.4 Å². The second kappa shape index (κ2) is 11.7. The molecule has 10 heteroatoms. The minimum absolute atomic E-state index is 0.0541. The first-order valence-corrected chi connectivity index (χ1v) is 12.9. The second-order valence-electron chi connectivity index (χ2n) is 8.39. The van der Waals surface area contributed by atoms with Gasteiger partial charge in [0.25, 0.3) is 0 Å². The predicted molar refractivity (Wildman–Crippen MR) is 148 cm³/mol. The van der Waals surface area contributed by atoms with Gasteiger partial charge >= 0.3 is 0 Å². The number of hydrogen-bond acceptors (Lipinski definition) is 4. The quantitative estimate of drug-likeness (QED) is 0.203. The minimum Gasteiger partial charge on any atom is -0.339 e. The number of fused-ring (bicyclic) bond motifs is 1. The fourth-order valence-corrected chi connectivity index (χ4v) is 4.83. The summed E-state index contributed by atoms with van der Waals surface area (Å²) >= 11 is 24.1. The van der Waals surface area contributed by atoms with E-state index in [1.54, 1.807) is 6.20 Å². The molecule has 2 atom stereocenters. The molecule has 2 unspecified atom stereocenters. The predicted octanol–water partition coefficient (Wildman–Crippen LogP) is 5.56. The lowest BCUT2D eigenvalue weighted by molar-refractivity contribution is -0.123. The Bertz CT molecular complexity index is 1160. The molecule has 4 rings (SSSR count). The number of anilines is 1. The van der Waals surface area contributed by atoms with Crippen LogP contribution in [0, 0.1) is 0 Å². The third-order valence-electron chi connectivity index (χ3n) is 5.93. The maximum absolute atomic E-state index is 13.1. The van der Waals surface area contributed by atoms with Crippen molar-refractivity contribution < 1.29 is 4.79 Å². The van der Waals surface area contributed by atoms with Crippen LogP contribution in [0.3, 0.4) is 0 Å². The van der Waals surface area contributed by atoms with Crippen LogP contribution in [-0.4, -0.2) is 44.0 Å². The lowest BCUT2D eigenvalue weighted by atomic mass is 10.0. The van der Waals surface area contributed by atoms with Gasteiger partial charge in [0, 0.05) is 24.0 Å². The summed E-state index contributed by atoms with van der Waals surface area (Å²) in [5.41, 5.74) is 2.54. The van der Waals surface area contributed by atoms with Crippen molar-refractivity contribution >= 4 is 74.6 Å². The van der Waals surface area contributed by atoms with Gasteiger partial charge in [-0.3, -0.25) is 14.7 Å². The summed E-state index contributed by atoms with van der Waals surface area (Å²) in [4.78, 5) is 19.9. The smallest absolute Gasteiger partial charge is 0.228 e. The zero-order valence-electron chi connectivity index (χ0n) is 18.9. The number of rotatable bonds is 7. The van der Waals surface area contributed by atoms with E-state index in [-0.39, 0.29) is 23.5 Å². The molecule has 1 aliphatic rings. The fraction of sp³-hybridized carbons (Fsp3) is 0.320. The molecule has 0 saturated carbocycles. The fourth-order valence-electron chi connectivity index (χ4n) is 4.28. The van der Waals surface area contributed by atoms with Crippen LogP contribution in [0.2, 0.25) is 0 Å². The minimum atomic E-state index is -1.84. The van der Waals surface area contributed by atoms with Crippen LogP contribution < -0.4 is 16.0 Å². The number of nitrogens with zero attached hydrogens (tertiary/aromatic N) is 2. The van der Waals surface area contributed by atoms with Gasteiger partial charge in [0.2, 0.25) is 9.70 Å². The Hall–Kier alpha value is -2.16. The first-order chi connectivity index (χ1) is 16.8. The standard InChI is InChI=1S/C25H26Cl3N5OS/c26-25(27,28)23(32-24(35)30-19-12-6-10-18-11-7-13-29-22(18)19)31-21(34)16-20(33-14-4-5-15-33)17-8-2-1-3-9-17/h1-3,6-13,20,23H,4-5,14-16H2,(H,31,34)(H2,30,32,35). The van der Waals surface area contributed by atoms with E-state index in [9.17, 15) is 4.79 Å². The van der Waals surface area contributed by atoms with Crippen molar-refractivity contribution in [1.29, 1.82) is 0 Å². The summed E-state index contributed by atoms with van der Waals surface area (Å²) in [7, 11) is 0. The molecule has 2 heterocycles. The van der Waals surface area contributed by atoms with Crippen molar-refractivity contribution in [3.8, 4) is 0 Å². The summed E-state index contributed by atoms with van der Waals surface area (Å²) in [6.45, 7) is 1.90. The van der Waals surface area contributed by atoms with Crippen molar-refractivity contribution in [1.82, 2.24) is 20.5 Å². The average Bonchev–Trinajstić information content (AvgIpc) is 3.37. The number of thiocarbonyl (C=S) groups is 1. The Morgan fingerprint density at radius 3 is 2.43 bits per heavy atom. The summed E-state index contributed by atoms with van der Waals surface area (Å²) in [5.74, 6) is -0.246. The van der Waals surface area contributed by atoms with Crippen LogP contribution in [0.5, 0.6) is 0 Å². The maximum atomic E-state index is 13.1. The Morgan fingerprint density at radius 1 is 1.00 bits per heavy atom. The maximum Gasteiger partial charge on any atom is 0.228 e. The molecule has 1 aliphatic heterocycles. The molecular weight excluding hydrogens is 525 g/mol. The number of carbonyl (C=O) groups is 1. The summed E-state index contributed by atoms with van der Waals surface area (Å²) in [5, 5.41) is 10.0. The molecular formula is C25H26Cl3N5OS. The number of aromatic nitrogens is 1. The van der Waals surface area contributed by atoms with Crippen molar-refractivity contribution in [2.75, 3.05) is 18.4 Å². The van der Waals surface area contributed by atoms with E-state index in [2.05, 4.69) is 25.8 Å². The highest BCUT2D eigenvalue weighted by molar-refractivity contribution is 7.80. The van der Waals surface area contributed by atoms with Crippen LogP contribution in [0.15, 0.2) is 66.9 Å². The summed E-state index contributed by atoms with van der Waals surface area (Å²) in [6, 6.07) is 19.5. The number of carbonyl (C=O) groups excluding carboxylic acids is 1. The zero-order chi connectivity index (χ0) is 24.8. The first kappa shape index (κ1) is 25.9. The second-order valence-corrected chi connectivity index (χ2v) is 11.2. The Kier molecular flexibility index (Phi) is 8.68. The van der Waals surface area contributed by atoms with E-state index in [0.717, 1.165) is 42.4 Å². The van der Waals surface area contributed by atoms with Crippen LogP contribution in [0.25, 0.3) is 10.9 Å². The third kappa shape index (κ3) is 6.96. The normalized spacial score (nSPS) is 16.0. The highest BCUT2D eigenvalue weighted by Gasteiger charge is 2.36. The lowest BCUT2D eigenvalue weighted by Crippen LogP contribution is -2.56. The number of para-hydroxylation sites is 1. The number of benzene rings is 2. The van der Waals surface area contributed by atoms with Gasteiger partial charge in [-0.2, -0.15) is 0 Å². The van der Waals surface area contributed by atoms with Gasteiger partial charge in [-0.05, 0) is 55.8 Å². The first-order valence-electron chi connectivity index (χ1n) is 11.4. The van der Waals surface area contributed by atoms with Gasteiger partial charge in [-0.25, -0.2) is 0 Å². The van der Waals surface area contributed by atoms with Crippen LogP contribution in [0.1, 0.15) is 30.9 Å². The van der Waals surface area contributed by atoms with Gasteiger partial charge in [0.05, 0.1) is 11.2 Å². The zero-order valence-corrected chi connectivity index (χ0v) is 22.0. The molecule has 3 N–H and O–H groups in total. The lowest BCUT2D eigenvalue weighted by Gasteiger charge is -2.31. The van der Waals surface area contributed by atoms with Crippen molar-refractivity contribution in [2.24, 2.45) is 0 Å². The molecule has 1 aromatic heterocycles. The third-order valence-corrected chi connectivity index (χ3v) is 6.81. The molecule has 184 valence electrons. The molecule has 6 nitrogen and oxygen atoms in total. The number of pyridine rings is 1. The highest BCUT2D eigenvalue weighted by atomic mass is 35.6. The molecule has 2 aromatic carbocycles. The molecule has 1 fully saturated rings. The monoisotopic (exact) mass is 549 g/mol. The van der Waals surface area contributed by atoms with E-state index in [1.807, 2.05) is 60.7 Å². The molecule has 1 saturated heterocycles. The number of likely N-dealkylation sites (tertiary alicyclic amines) is 1. The van der Waals surface area contributed by atoms with E-state index in [4.69, 9.17) is 47.0 Å². The molecule has 0 radical (unpaired) electrons. The average molecular weight is 551 g/mol. The summed E-state index contributed by atoms with van der Waals surface area (Å²) in [6.07, 6.45) is 3.13. The van der Waals surface area contributed by atoms with Gasteiger partial charge in [0.15, 0.2) is 5.11 Å².